The SMILES string of the molecule is CC(C)(C[CH2][Sn]=[S])[S][Sn]=[S]. The second-order valence-corrected chi connectivity index (χ2v) is 14.8. The standard InChI is InChI=1S/C5H11S.2S.2Sn/c1-4-5(2,3)6;;;;/h6H,1,4H2,2-3H3;;;;/q;;;;+1/p-1. The first-order valence-electron chi connectivity index (χ1n) is 3.02. The second-order valence-electron chi connectivity index (χ2n) is 2.59. The van der Waals surface area contributed by atoms with Crippen LogP contribution < -0.4 is 0 Å². The van der Waals surface area contributed by atoms with Gasteiger partial charge in [0.2, 0.25) is 0 Å². The zero-order valence-electron chi connectivity index (χ0n) is 6.14. The molecule has 0 amide bonds. The van der Waals surface area contributed by atoms with Gasteiger partial charge in [-0.2, -0.15) is 0 Å². The Morgan fingerprint density at radius 1 is 1.40 bits per heavy atom. The topological polar surface area (TPSA) is 0 Å². The van der Waals surface area contributed by atoms with Crippen LogP contribution in [0.1, 0.15) is 20.3 Å². The molecule has 0 saturated heterocycles. The van der Waals surface area contributed by atoms with Crippen molar-refractivity contribution < 1.29 is 0 Å². The average Bonchev–Trinajstić information content (AvgIpc) is 1.84. The van der Waals surface area contributed by atoms with Gasteiger partial charge in [-0.25, -0.2) is 0 Å². The molecule has 0 N–H and O–H groups in total. The molecule has 0 rings (SSSR count). The normalized spacial score (nSPS) is 11.0. The molecule has 0 aromatic rings. The minimum atomic E-state index is -0.468. The van der Waals surface area contributed by atoms with E-state index >= 15 is 0 Å². The van der Waals surface area contributed by atoms with Crippen LogP contribution in [0.5, 0.6) is 0 Å². The van der Waals surface area contributed by atoms with E-state index < -0.39 is 17.8 Å². The van der Waals surface area contributed by atoms with Gasteiger partial charge in [-0.3, -0.25) is 0 Å². The van der Waals surface area contributed by atoms with Crippen molar-refractivity contribution in [1.82, 2.24) is 0 Å². The van der Waals surface area contributed by atoms with Crippen LogP contribution in [0.2, 0.25) is 4.44 Å². The quantitative estimate of drug-likeness (QED) is 0.648. The molecule has 0 nitrogen and oxygen atoms in total. The van der Waals surface area contributed by atoms with Crippen molar-refractivity contribution in [2.24, 2.45) is 0 Å². The van der Waals surface area contributed by atoms with Crippen LogP contribution in [0.15, 0.2) is 0 Å². The van der Waals surface area contributed by atoms with Crippen molar-refractivity contribution in [3.8, 4) is 0 Å². The van der Waals surface area contributed by atoms with Crippen molar-refractivity contribution in [2.45, 2.75) is 29.5 Å². The van der Waals surface area contributed by atoms with Crippen LogP contribution >= 0.6 is 27.5 Å². The minimum absolute atomic E-state index is 0.357. The second kappa shape index (κ2) is 6.86. The first-order chi connectivity index (χ1) is 4.62. The summed E-state index contributed by atoms with van der Waals surface area (Å²) in [7, 11) is 12.2. The average molecular weight is 404 g/mol. The van der Waals surface area contributed by atoms with Gasteiger partial charge >= 0.3 is 94.0 Å². The molecule has 56 valence electrons. The molecule has 0 aromatic heterocycles. The molecule has 0 atom stereocenters. The van der Waals surface area contributed by atoms with Crippen molar-refractivity contribution in [1.29, 1.82) is 0 Å². The monoisotopic (exact) mass is 406 g/mol. The van der Waals surface area contributed by atoms with Crippen molar-refractivity contribution in [3.63, 3.8) is 0 Å². The van der Waals surface area contributed by atoms with Crippen LogP contribution in [-0.2, 0) is 0 Å². The Morgan fingerprint density at radius 2 is 2.00 bits per heavy atom. The van der Waals surface area contributed by atoms with Crippen molar-refractivity contribution in [2.75, 3.05) is 0 Å². The van der Waals surface area contributed by atoms with Gasteiger partial charge in [0.15, 0.2) is 0 Å². The Kier molecular flexibility index (Phi) is 8.49. The van der Waals surface area contributed by atoms with Crippen LogP contribution in [0, 0.1) is 0 Å². The third-order valence-electron chi connectivity index (χ3n) is 1.15. The Morgan fingerprint density at radius 3 is 2.40 bits per heavy atom. The Hall–Kier alpha value is 2.39. The van der Waals surface area contributed by atoms with E-state index in [-0.39, 0.29) is 19.2 Å². The molecule has 0 aliphatic heterocycles. The molecule has 0 aliphatic rings. The van der Waals surface area contributed by atoms with Gasteiger partial charge in [-0.05, 0) is 0 Å². The van der Waals surface area contributed by atoms with Gasteiger partial charge in [0, 0.05) is 0 Å². The number of hydrogen-bond acceptors (Lipinski definition) is 3. The van der Waals surface area contributed by atoms with Crippen molar-refractivity contribution in [3.05, 3.63) is 0 Å². The Bertz CT molecular complexity index is 124. The predicted molar refractivity (Wildman–Crippen MR) is 57.8 cm³/mol. The molecular weight excluding hydrogens is 394 g/mol. The van der Waals surface area contributed by atoms with Crippen molar-refractivity contribution >= 4 is 64.5 Å². The van der Waals surface area contributed by atoms with Crippen LogP contribution in [0.4, 0.5) is 0 Å². The zero-order valence-corrected chi connectivity index (χ0v) is 14.3. The van der Waals surface area contributed by atoms with Gasteiger partial charge < -0.3 is 0 Å². The van der Waals surface area contributed by atoms with Gasteiger partial charge in [-0.1, -0.05) is 0 Å². The van der Waals surface area contributed by atoms with Gasteiger partial charge in [-0.15, -0.1) is 0 Å². The summed E-state index contributed by atoms with van der Waals surface area (Å²) in [5, 5.41) is 0. The van der Waals surface area contributed by atoms with Crippen LogP contribution in [0.25, 0.3) is 0 Å². The molecule has 0 fully saturated rings. The molecule has 5 heteroatoms. The predicted octanol–water partition coefficient (Wildman–Crippen LogP) is 2.86. The molecule has 2 radical (unpaired) electrons. The third kappa shape index (κ3) is 7.06. The summed E-state index contributed by atoms with van der Waals surface area (Å²) in [6, 6.07) is 0. The van der Waals surface area contributed by atoms with Gasteiger partial charge in [0.1, 0.15) is 0 Å². The first kappa shape index (κ1) is 12.4. The first-order valence-corrected chi connectivity index (χ1v) is 17.2. The van der Waals surface area contributed by atoms with E-state index in [1.54, 1.807) is 0 Å². The summed E-state index contributed by atoms with van der Waals surface area (Å²) in [4.78, 5) is 0. The Labute approximate surface area is 92.5 Å². The molecule has 0 spiro atoms. The van der Waals surface area contributed by atoms with Gasteiger partial charge in [0.05, 0.1) is 0 Å². The number of hydrogen-bond donors (Lipinski definition) is 0. The van der Waals surface area contributed by atoms with E-state index in [0.717, 1.165) is 0 Å². The summed E-state index contributed by atoms with van der Waals surface area (Å²) in [5.41, 5.74) is 0. The fraction of sp³-hybridized carbons (Fsp3) is 1.00. The molecule has 10 heavy (non-hydrogen) atoms. The van der Waals surface area contributed by atoms with E-state index in [1.165, 1.54) is 10.9 Å². The maximum atomic E-state index is 5.07. The summed E-state index contributed by atoms with van der Waals surface area (Å²) in [6.07, 6.45) is 1.31. The van der Waals surface area contributed by atoms with Crippen LogP contribution in [0.3, 0.4) is 0 Å². The summed E-state index contributed by atoms with van der Waals surface area (Å²) < 4.78 is 1.81. The fourth-order valence-corrected chi connectivity index (χ4v) is 11.6. The van der Waals surface area contributed by atoms with E-state index in [2.05, 4.69) is 13.8 Å². The summed E-state index contributed by atoms with van der Waals surface area (Å²) in [5.74, 6) is 0. The third-order valence-corrected chi connectivity index (χ3v) is 11.8. The van der Waals surface area contributed by atoms with E-state index in [9.17, 15) is 0 Å². The van der Waals surface area contributed by atoms with E-state index in [0.29, 0.717) is 4.75 Å². The van der Waals surface area contributed by atoms with E-state index in [4.69, 9.17) is 18.6 Å². The Balaban J connectivity index is 3.61. The summed E-state index contributed by atoms with van der Waals surface area (Å²) >= 11 is -0.825. The zero-order chi connectivity index (χ0) is 8.04. The van der Waals surface area contributed by atoms with E-state index in [1.807, 2.05) is 8.95 Å². The van der Waals surface area contributed by atoms with Gasteiger partial charge in [0.25, 0.3) is 0 Å². The molecule has 0 bridgehead atoms. The molecule has 0 heterocycles. The fourth-order valence-electron chi connectivity index (χ4n) is 0.516. The molecule has 0 aliphatic carbocycles. The summed E-state index contributed by atoms with van der Waals surface area (Å²) in [6.45, 7) is 4.60. The van der Waals surface area contributed by atoms with Crippen LogP contribution in [-0.4, -0.2) is 41.8 Å². The molecule has 0 aromatic carbocycles. The molecule has 0 saturated carbocycles. The molecular formula is C5H10S3Sn2. The maximum absolute atomic E-state index is 5.07. The molecule has 0 unspecified atom stereocenters. The number of rotatable bonds is 5.